The molecule has 0 saturated carbocycles. The van der Waals surface area contributed by atoms with Crippen LogP contribution in [0, 0.1) is 19.7 Å². The highest BCUT2D eigenvalue weighted by atomic mass is 19.1. The Bertz CT molecular complexity index is 851. The topological polar surface area (TPSA) is 39.9 Å². The second kappa shape index (κ2) is 7.15. The number of hydrogen-bond donors (Lipinski definition) is 0. The summed E-state index contributed by atoms with van der Waals surface area (Å²) in [6.45, 7) is 6.04. The molecule has 4 nitrogen and oxygen atoms in total. The number of ether oxygens (including phenoxy) is 1. The Hall–Kier alpha value is -2.53. The number of nitrogens with zero attached hydrogens (tertiary/aromatic N) is 3. The molecule has 0 fully saturated rings. The third-order valence-corrected chi connectivity index (χ3v) is 4.13. The molecule has 0 radical (unpaired) electrons. The summed E-state index contributed by atoms with van der Waals surface area (Å²) in [5.74, 6) is 1.20. The molecule has 0 aliphatic rings. The number of methoxy groups -OCH3 is 1. The maximum atomic E-state index is 13.2. The van der Waals surface area contributed by atoms with Gasteiger partial charge in [0, 0.05) is 13.5 Å². The van der Waals surface area contributed by atoms with Crippen molar-refractivity contribution < 1.29 is 9.13 Å². The Kier molecular flexibility index (Phi) is 4.95. The summed E-state index contributed by atoms with van der Waals surface area (Å²) < 4.78 is 20.4. The van der Waals surface area contributed by atoms with E-state index >= 15 is 0 Å². The molecule has 1 atom stereocenters. The first kappa shape index (κ1) is 17.3. The van der Waals surface area contributed by atoms with Crippen LogP contribution in [0.3, 0.4) is 0 Å². The van der Waals surface area contributed by atoms with Crippen LogP contribution in [0.25, 0.3) is 5.69 Å². The van der Waals surface area contributed by atoms with Crippen LogP contribution < -0.4 is 0 Å². The number of benzene rings is 2. The zero-order valence-electron chi connectivity index (χ0n) is 15.0. The lowest BCUT2D eigenvalue weighted by atomic mass is 10.1. The molecule has 0 spiro atoms. The van der Waals surface area contributed by atoms with Crippen LogP contribution in [0.4, 0.5) is 4.39 Å². The number of halogens is 1. The monoisotopic (exact) mass is 339 g/mol. The van der Waals surface area contributed by atoms with E-state index in [4.69, 9.17) is 4.74 Å². The van der Waals surface area contributed by atoms with Gasteiger partial charge in [-0.1, -0.05) is 18.2 Å². The summed E-state index contributed by atoms with van der Waals surface area (Å²) in [5.41, 5.74) is 4.28. The van der Waals surface area contributed by atoms with Crippen molar-refractivity contribution >= 4 is 0 Å². The normalized spacial score (nSPS) is 12.4. The summed E-state index contributed by atoms with van der Waals surface area (Å²) in [4.78, 5) is 4.67. The number of aryl methyl sites for hydroxylation is 2. The van der Waals surface area contributed by atoms with E-state index in [1.54, 1.807) is 19.2 Å². The minimum Gasteiger partial charge on any atom is -0.374 e. The summed E-state index contributed by atoms with van der Waals surface area (Å²) in [6, 6.07) is 12.8. The molecule has 0 N–H and O–H groups in total. The first-order valence-corrected chi connectivity index (χ1v) is 8.28. The van der Waals surface area contributed by atoms with Crippen LogP contribution in [0.2, 0.25) is 0 Å². The molecule has 1 unspecified atom stereocenters. The molecule has 3 rings (SSSR count). The summed E-state index contributed by atoms with van der Waals surface area (Å²) in [5, 5.41) is 4.65. The van der Waals surface area contributed by atoms with Gasteiger partial charge in [-0.05, 0) is 61.7 Å². The minimum atomic E-state index is -0.242. The van der Waals surface area contributed by atoms with Gasteiger partial charge in [0.15, 0.2) is 5.82 Å². The number of rotatable bonds is 5. The Balaban J connectivity index is 2.05. The van der Waals surface area contributed by atoms with Crippen molar-refractivity contribution in [1.82, 2.24) is 14.8 Å². The molecule has 0 saturated heterocycles. The SMILES string of the molecule is COC(C)c1nc(Cc2ccc(F)cc2)n(-c2cc(C)cc(C)c2)n1. The van der Waals surface area contributed by atoms with Crippen molar-refractivity contribution in [2.75, 3.05) is 7.11 Å². The van der Waals surface area contributed by atoms with Crippen LogP contribution in [0.15, 0.2) is 42.5 Å². The second-order valence-electron chi connectivity index (χ2n) is 6.33. The molecule has 0 bridgehead atoms. The molecular weight excluding hydrogens is 317 g/mol. The van der Waals surface area contributed by atoms with Crippen molar-refractivity contribution in [2.45, 2.75) is 33.3 Å². The molecule has 2 aromatic carbocycles. The highest BCUT2D eigenvalue weighted by molar-refractivity contribution is 5.40. The summed E-state index contributed by atoms with van der Waals surface area (Å²) in [7, 11) is 1.64. The largest absolute Gasteiger partial charge is 0.374 e. The smallest absolute Gasteiger partial charge is 0.179 e. The molecule has 0 amide bonds. The highest BCUT2D eigenvalue weighted by Crippen LogP contribution is 2.20. The van der Waals surface area contributed by atoms with Gasteiger partial charge in [-0.15, -0.1) is 5.10 Å². The van der Waals surface area contributed by atoms with E-state index in [-0.39, 0.29) is 11.9 Å². The maximum absolute atomic E-state index is 13.2. The molecule has 0 aliphatic heterocycles. The van der Waals surface area contributed by atoms with Gasteiger partial charge >= 0.3 is 0 Å². The van der Waals surface area contributed by atoms with Crippen LogP contribution >= 0.6 is 0 Å². The van der Waals surface area contributed by atoms with E-state index in [0.717, 1.165) is 17.1 Å². The van der Waals surface area contributed by atoms with Gasteiger partial charge in [0.2, 0.25) is 0 Å². The van der Waals surface area contributed by atoms with Crippen molar-refractivity contribution in [2.24, 2.45) is 0 Å². The van der Waals surface area contributed by atoms with E-state index in [2.05, 4.69) is 42.1 Å². The summed E-state index contributed by atoms with van der Waals surface area (Å²) in [6.07, 6.45) is 0.371. The Labute approximate surface area is 147 Å². The van der Waals surface area contributed by atoms with E-state index in [0.29, 0.717) is 12.2 Å². The lowest BCUT2D eigenvalue weighted by Gasteiger charge is -2.08. The second-order valence-corrected chi connectivity index (χ2v) is 6.33. The van der Waals surface area contributed by atoms with Crippen LogP contribution in [-0.2, 0) is 11.2 Å². The predicted molar refractivity (Wildman–Crippen MR) is 95.5 cm³/mol. The van der Waals surface area contributed by atoms with Crippen LogP contribution in [0.1, 0.15) is 41.4 Å². The first-order valence-electron chi connectivity index (χ1n) is 8.28. The fraction of sp³-hybridized carbons (Fsp3) is 0.300. The standard InChI is InChI=1S/C20H22FN3O/c1-13-9-14(2)11-18(10-13)24-19(22-20(23-24)15(3)25-4)12-16-5-7-17(21)8-6-16/h5-11,15H,12H2,1-4H3. The molecular formula is C20H22FN3O. The summed E-state index contributed by atoms with van der Waals surface area (Å²) >= 11 is 0. The van der Waals surface area contributed by atoms with Crippen molar-refractivity contribution in [3.05, 3.63) is 76.6 Å². The quantitative estimate of drug-likeness (QED) is 0.695. The van der Waals surface area contributed by atoms with E-state index in [1.807, 2.05) is 11.6 Å². The first-order chi connectivity index (χ1) is 12.0. The van der Waals surface area contributed by atoms with E-state index in [1.165, 1.54) is 23.3 Å². The molecule has 3 aromatic rings. The number of aromatic nitrogens is 3. The fourth-order valence-corrected chi connectivity index (χ4v) is 2.82. The fourth-order valence-electron chi connectivity index (χ4n) is 2.82. The molecule has 1 aromatic heterocycles. The average Bonchev–Trinajstić information content (AvgIpc) is 2.99. The Morgan fingerprint density at radius 1 is 1.08 bits per heavy atom. The van der Waals surface area contributed by atoms with E-state index in [9.17, 15) is 4.39 Å². The zero-order valence-corrected chi connectivity index (χ0v) is 15.0. The third-order valence-electron chi connectivity index (χ3n) is 4.13. The van der Waals surface area contributed by atoms with Gasteiger partial charge in [-0.2, -0.15) is 0 Å². The van der Waals surface area contributed by atoms with E-state index < -0.39 is 0 Å². The lowest BCUT2D eigenvalue weighted by molar-refractivity contribution is 0.112. The molecule has 5 heteroatoms. The Morgan fingerprint density at radius 3 is 2.32 bits per heavy atom. The Morgan fingerprint density at radius 2 is 1.72 bits per heavy atom. The van der Waals surface area contributed by atoms with Gasteiger partial charge in [0.25, 0.3) is 0 Å². The third kappa shape index (κ3) is 3.94. The maximum Gasteiger partial charge on any atom is 0.179 e. The molecule has 25 heavy (non-hydrogen) atoms. The van der Waals surface area contributed by atoms with Gasteiger partial charge in [0.1, 0.15) is 17.7 Å². The van der Waals surface area contributed by atoms with Crippen molar-refractivity contribution in [1.29, 1.82) is 0 Å². The van der Waals surface area contributed by atoms with Gasteiger partial charge < -0.3 is 4.74 Å². The lowest BCUT2D eigenvalue weighted by Crippen LogP contribution is -2.05. The molecule has 0 aliphatic carbocycles. The van der Waals surface area contributed by atoms with Gasteiger partial charge in [0.05, 0.1) is 5.69 Å². The average molecular weight is 339 g/mol. The predicted octanol–water partition coefficient (Wildman–Crippen LogP) is 4.32. The van der Waals surface area contributed by atoms with Crippen molar-refractivity contribution in [3.8, 4) is 5.69 Å². The minimum absolute atomic E-state index is 0.195. The van der Waals surface area contributed by atoms with Crippen LogP contribution in [0.5, 0.6) is 0 Å². The molecule has 1 heterocycles. The van der Waals surface area contributed by atoms with Crippen LogP contribution in [-0.4, -0.2) is 21.9 Å². The van der Waals surface area contributed by atoms with Crippen molar-refractivity contribution in [3.63, 3.8) is 0 Å². The van der Waals surface area contributed by atoms with Gasteiger partial charge in [-0.3, -0.25) is 0 Å². The number of hydrogen-bond acceptors (Lipinski definition) is 3. The molecule has 130 valence electrons. The van der Waals surface area contributed by atoms with Gasteiger partial charge in [-0.25, -0.2) is 14.1 Å². The highest BCUT2D eigenvalue weighted by Gasteiger charge is 2.17. The zero-order chi connectivity index (χ0) is 18.0.